The zero-order chi connectivity index (χ0) is 13.7. The van der Waals surface area contributed by atoms with Crippen LogP contribution in [0.1, 0.15) is 29.6 Å². The summed E-state index contributed by atoms with van der Waals surface area (Å²) in [5.74, 6) is 1.06. The van der Waals surface area contributed by atoms with Gasteiger partial charge < -0.3 is 4.74 Å². The minimum absolute atomic E-state index is 0.221. The van der Waals surface area contributed by atoms with Crippen molar-refractivity contribution in [3.05, 3.63) is 42.0 Å². The fourth-order valence-electron chi connectivity index (χ4n) is 2.05. The lowest BCUT2D eigenvalue weighted by atomic mass is 10.0. The third-order valence-corrected chi connectivity index (χ3v) is 3.72. The highest BCUT2D eigenvalue weighted by Crippen LogP contribution is 2.22. The van der Waals surface area contributed by atoms with Crippen molar-refractivity contribution in [2.75, 3.05) is 12.4 Å². The average molecular weight is 321 g/mol. The monoisotopic (exact) mass is 320 g/mol. The van der Waals surface area contributed by atoms with E-state index in [4.69, 9.17) is 4.74 Å². The van der Waals surface area contributed by atoms with E-state index in [0.29, 0.717) is 6.42 Å². The van der Waals surface area contributed by atoms with Gasteiger partial charge in [-0.1, -0.05) is 34.1 Å². The maximum Gasteiger partial charge on any atom is 0.162 e. The molecule has 0 heterocycles. The Morgan fingerprint density at radius 1 is 1.11 bits per heavy atom. The van der Waals surface area contributed by atoms with E-state index >= 15 is 0 Å². The third kappa shape index (κ3) is 3.57. The number of unbranched alkanes of at least 4 members (excludes halogenated alkanes) is 1. The fourth-order valence-corrected chi connectivity index (χ4v) is 2.45. The number of fused-ring (bicyclic) bond motifs is 1. The molecular formula is C16H17BrO2. The summed E-state index contributed by atoms with van der Waals surface area (Å²) in [6, 6.07) is 11.7. The van der Waals surface area contributed by atoms with E-state index in [-0.39, 0.29) is 5.78 Å². The van der Waals surface area contributed by atoms with Crippen molar-refractivity contribution in [3.8, 4) is 5.75 Å². The van der Waals surface area contributed by atoms with Crippen LogP contribution in [0.25, 0.3) is 10.8 Å². The van der Waals surface area contributed by atoms with Crippen LogP contribution in [-0.4, -0.2) is 18.2 Å². The van der Waals surface area contributed by atoms with Crippen molar-refractivity contribution in [2.45, 2.75) is 19.3 Å². The zero-order valence-electron chi connectivity index (χ0n) is 11.0. The molecule has 2 aromatic carbocycles. The van der Waals surface area contributed by atoms with Crippen LogP contribution in [0.2, 0.25) is 0 Å². The Balaban J connectivity index is 2.19. The third-order valence-electron chi connectivity index (χ3n) is 3.16. The molecule has 0 spiro atoms. The number of rotatable bonds is 6. The Morgan fingerprint density at radius 2 is 1.84 bits per heavy atom. The summed E-state index contributed by atoms with van der Waals surface area (Å²) in [7, 11) is 1.66. The first-order valence-electron chi connectivity index (χ1n) is 6.41. The molecule has 0 aliphatic rings. The Bertz CT molecular complexity index is 578. The number of Topliss-reactive ketones (excluding diaryl/α,β-unsaturated/α-hetero) is 1. The first kappa shape index (κ1) is 14.1. The number of carbonyl (C=O) groups excluding carboxylic acids is 1. The van der Waals surface area contributed by atoms with E-state index in [1.807, 2.05) is 36.4 Å². The molecule has 100 valence electrons. The van der Waals surface area contributed by atoms with Gasteiger partial charge >= 0.3 is 0 Å². The SMILES string of the molecule is COc1ccc2cc(C(=O)CCCCBr)ccc2c1. The fraction of sp³-hybridized carbons (Fsp3) is 0.312. The number of ketones is 1. The normalized spacial score (nSPS) is 10.6. The molecule has 0 radical (unpaired) electrons. The molecule has 0 saturated heterocycles. The molecule has 2 rings (SSSR count). The number of hydrogen-bond donors (Lipinski definition) is 0. The lowest BCUT2D eigenvalue weighted by Crippen LogP contribution is -1.99. The van der Waals surface area contributed by atoms with Crippen LogP contribution in [0.5, 0.6) is 5.75 Å². The molecule has 3 heteroatoms. The summed E-state index contributed by atoms with van der Waals surface area (Å²) >= 11 is 3.38. The van der Waals surface area contributed by atoms with Gasteiger partial charge in [-0.3, -0.25) is 4.79 Å². The van der Waals surface area contributed by atoms with Gasteiger partial charge in [-0.2, -0.15) is 0 Å². The highest BCUT2D eigenvalue weighted by molar-refractivity contribution is 9.09. The summed E-state index contributed by atoms with van der Waals surface area (Å²) in [5, 5.41) is 3.13. The largest absolute Gasteiger partial charge is 0.497 e. The van der Waals surface area contributed by atoms with Crippen molar-refractivity contribution in [3.63, 3.8) is 0 Å². The van der Waals surface area contributed by atoms with Crippen LogP contribution in [0.15, 0.2) is 36.4 Å². The molecule has 2 aromatic rings. The predicted octanol–water partition coefficient (Wildman–Crippen LogP) is 4.60. The number of alkyl halides is 1. The van der Waals surface area contributed by atoms with Crippen molar-refractivity contribution < 1.29 is 9.53 Å². The second kappa shape index (κ2) is 6.71. The van der Waals surface area contributed by atoms with Gasteiger partial charge in [0.25, 0.3) is 0 Å². The zero-order valence-corrected chi connectivity index (χ0v) is 12.6. The maximum atomic E-state index is 12.0. The van der Waals surface area contributed by atoms with Gasteiger partial charge in [0.05, 0.1) is 7.11 Å². The number of methoxy groups -OCH3 is 1. The van der Waals surface area contributed by atoms with E-state index in [9.17, 15) is 4.79 Å². The highest BCUT2D eigenvalue weighted by Gasteiger charge is 2.06. The minimum Gasteiger partial charge on any atom is -0.497 e. The molecule has 0 fully saturated rings. The molecule has 0 aliphatic heterocycles. The number of halogens is 1. The Hall–Kier alpha value is -1.35. The van der Waals surface area contributed by atoms with Crippen LogP contribution in [0.4, 0.5) is 0 Å². The van der Waals surface area contributed by atoms with Crippen LogP contribution in [0, 0.1) is 0 Å². The number of carbonyl (C=O) groups is 1. The molecule has 0 aromatic heterocycles. The summed E-state index contributed by atoms with van der Waals surface area (Å²) in [6.45, 7) is 0. The maximum absolute atomic E-state index is 12.0. The molecule has 0 amide bonds. The van der Waals surface area contributed by atoms with Crippen molar-refractivity contribution in [1.82, 2.24) is 0 Å². The van der Waals surface area contributed by atoms with E-state index in [2.05, 4.69) is 15.9 Å². The standard InChI is InChI=1S/C16H17BrO2/c1-19-15-8-7-12-10-14(6-5-13(12)11-15)16(18)4-2-3-9-17/h5-8,10-11H,2-4,9H2,1H3. The van der Waals surface area contributed by atoms with Gasteiger partial charge in [-0.05, 0) is 41.8 Å². The Kier molecular flexibility index (Phi) is 4.97. The molecule has 0 saturated carbocycles. The van der Waals surface area contributed by atoms with Crippen LogP contribution >= 0.6 is 15.9 Å². The van der Waals surface area contributed by atoms with Crippen LogP contribution in [0.3, 0.4) is 0 Å². The molecule has 2 nitrogen and oxygen atoms in total. The molecule has 0 N–H and O–H groups in total. The topological polar surface area (TPSA) is 26.3 Å². The second-order valence-corrected chi connectivity index (χ2v) is 5.29. The minimum atomic E-state index is 0.221. The van der Waals surface area contributed by atoms with Crippen molar-refractivity contribution in [1.29, 1.82) is 0 Å². The molecule has 0 bridgehead atoms. The van der Waals surface area contributed by atoms with Crippen LogP contribution < -0.4 is 4.74 Å². The van der Waals surface area contributed by atoms with Gasteiger partial charge in [0.1, 0.15) is 5.75 Å². The summed E-state index contributed by atoms with van der Waals surface area (Å²) in [6.07, 6.45) is 2.59. The second-order valence-electron chi connectivity index (χ2n) is 4.50. The first-order chi connectivity index (χ1) is 9.24. The van der Waals surface area contributed by atoms with E-state index in [1.54, 1.807) is 7.11 Å². The Morgan fingerprint density at radius 3 is 2.58 bits per heavy atom. The number of benzene rings is 2. The lowest BCUT2D eigenvalue weighted by Gasteiger charge is -2.05. The first-order valence-corrected chi connectivity index (χ1v) is 7.53. The van der Waals surface area contributed by atoms with Gasteiger partial charge in [0.2, 0.25) is 0 Å². The van der Waals surface area contributed by atoms with Gasteiger partial charge in [0, 0.05) is 17.3 Å². The van der Waals surface area contributed by atoms with E-state index in [0.717, 1.165) is 40.3 Å². The van der Waals surface area contributed by atoms with Crippen molar-refractivity contribution >= 4 is 32.5 Å². The Labute approximate surface area is 121 Å². The van der Waals surface area contributed by atoms with Gasteiger partial charge in [-0.15, -0.1) is 0 Å². The average Bonchev–Trinajstić information content (AvgIpc) is 2.46. The lowest BCUT2D eigenvalue weighted by molar-refractivity contribution is 0.0980. The van der Waals surface area contributed by atoms with E-state index < -0.39 is 0 Å². The highest BCUT2D eigenvalue weighted by atomic mass is 79.9. The molecule has 19 heavy (non-hydrogen) atoms. The summed E-state index contributed by atoms with van der Waals surface area (Å²) < 4.78 is 5.19. The number of ether oxygens (including phenoxy) is 1. The summed E-state index contributed by atoms with van der Waals surface area (Å²) in [5.41, 5.74) is 0.798. The number of hydrogen-bond acceptors (Lipinski definition) is 2. The van der Waals surface area contributed by atoms with E-state index in [1.165, 1.54) is 0 Å². The van der Waals surface area contributed by atoms with Gasteiger partial charge in [0.15, 0.2) is 5.78 Å². The van der Waals surface area contributed by atoms with Gasteiger partial charge in [-0.25, -0.2) is 0 Å². The predicted molar refractivity (Wildman–Crippen MR) is 82.5 cm³/mol. The van der Waals surface area contributed by atoms with Crippen molar-refractivity contribution in [2.24, 2.45) is 0 Å². The molecular weight excluding hydrogens is 304 g/mol. The smallest absolute Gasteiger partial charge is 0.162 e. The molecule has 0 atom stereocenters. The van der Waals surface area contributed by atoms with Crippen LogP contribution in [-0.2, 0) is 0 Å². The summed E-state index contributed by atoms with van der Waals surface area (Å²) in [4.78, 5) is 12.0. The molecule has 0 aliphatic carbocycles. The molecule has 0 unspecified atom stereocenters. The quantitative estimate of drug-likeness (QED) is 0.442.